The van der Waals surface area contributed by atoms with Gasteiger partial charge >= 0.3 is 0 Å². The Kier molecular flexibility index (Phi) is 5.50. The van der Waals surface area contributed by atoms with Gasteiger partial charge in [-0.15, -0.1) is 0 Å². The van der Waals surface area contributed by atoms with Crippen LogP contribution in [0.3, 0.4) is 0 Å². The van der Waals surface area contributed by atoms with Gasteiger partial charge in [0.2, 0.25) is 0 Å². The van der Waals surface area contributed by atoms with Crippen molar-refractivity contribution in [3.8, 4) is 0 Å². The molecule has 2 N–H and O–H groups in total. The first-order chi connectivity index (χ1) is 8.66. The molecular weight excluding hydrogens is 220 g/mol. The van der Waals surface area contributed by atoms with Crippen molar-refractivity contribution >= 4 is 0 Å². The zero-order valence-corrected chi connectivity index (χ0v) is 12.5. The van der Waals surface area contributed by atoms with E-state index in [0.717, 1.165) is 29.7 Å². The maximum absolute atomic E-state index is 3.93. The first-order valence-electron chi connectivity index (χ1n) is 8.11. The Morgan fingerprint density at radius 1 is 1.11 bits per heavy atom. The highest BCUT2D eigenvalue weighted by atomic mass is 14.9. The molecule has 0 aromatic rings. The molecule has 0 radical (unpaired) electrons. The lowest BCUT2D eigenvalue weighted by atomic mass is 9.74. The van der Waals surface area contributed by atoms with E-state index in [4.69, 9.17) is 0 Å². The molecule has 106 valence electrons. The quantitative estimate of drug-likeness (QED) is 0.803. The van der Waals surface area contributed by atoms with Gasteiger partial charge in [-0.3, -0.25) is 0 Å². The molecule has 0 aromatic carbocycles. The lowest BCUT2D eigenvalue weighted by molar-refractivity contribution is 0.162. The van der Waals surface area contributed by atoms with Crippen LogP contribution in [0.2, 0.25) is 0 Å². The van der Waals surface area contributed by atoms with Gasteiger partial charge in [0.15, 0.2) is 0 Å². The number of hydrogen-bond acceptors (Lipinski definition) is 2. The summed E-state index contributed by atoms with van der Waals surface area (Å²) in [4.78, 5) is 0. The van der Waals surface area contributed by atoms with E-state index >= 15 is 0 Å². The second kappa shape index (κ2) is 6.91. The van der Waals surface area contributed by atoms with E-state index in [1.165, 1.54) is 51.7 Å². The van der Waals surface area contributed by atoms with Gasteiger partial charge in [0.1, 0.15) is 0 Å². The van der Waals surface area contributed by atoms with Gasteiger partial charge in [-0.2, -0.15) is 0 Å². The Balaban J connectivity index is 1.80. The van der Waals surface area contributed by atoms with Gasteiger partial charge in [0.05, 0.1) is 0 Å². The van der Waals surface area contributed by atoms with E-state index in [1.54, 1.807) is 0 Å². The van der Waals surface area contributed by atoms with Crippen molar-refractivity contribution in [2.24, 2.45) is 23.7 Å². The molecule has 0 amide bonds. The number of rotatable bonds is 4. The summed E-state index contributed by atoms with van der Waals surface area (Å²) in [6.45, 7) is 10.9. The van der Waals surface area contributed by atoms with Crippen LogP contribution in [-0.2, 0) is 0 Å². The molecule has 3 atom stereocenters. The molecule has 1 aliphatic heterocycles. The highest BCUT2D eigenvalue weighted by Crippen LogP contribution is 2.33. The third kappa shape index (κ3) is 3.96. The zero-order valence-electron chi connectivity index (χ0n) is 12.5. The summed E-state index contributed by atoms with van der Waals surface area (Å²) in [5.41, 5.74) is 0. The van der Waals surface area contributed by atoms with E-state index in [1.807, 2.05) is 0 Å². The minimum atomic E-state index is 0.781. The van der Waals surface area contributed by atoms with Crippen molar-refractivity contribution in [3.63, 3.8) is 0 Å². The summed E-state index contributed by atoms with van der Waals surface area (Å²) in [6, 6.07) is 0.781. The SMILES string of the molecule is CC1CCC(C(C)C)C(NCC2CCNCC2)C1. The van der Waals surface area contributed by atoms with Crippen LogP contribution in [0.5, 0.6) is 0 Å². The first kappa shape index (κ1) is 14.3. The standard InChI is InChI=1S/C16H32N2/c1-12(2)15-5-4-13(3)10-16(15)18-11-14-6-8-17-9-7-14/h12-18H,4-11H2,1-3H3. The summed E-state index contributed by atoms with van der Waals surface area (Å²) < 4.78 is 0. The monoisotopic (exact) mass is 252 g/mol. The van der Waals surface area contributed by atoms with E-state index < -0.39 is 0 Å². The van der Waals surface area contributed by atoms with Crippen LogP contribution >= 0.6 is 0 Å². The topological polar surface area (TPSA) is 24.1 Å². The average Bonchev–Trinajstić information content (AvgIpc) is 2.37. The fourth-order valence-electron chi connectivity index (χ4n) is 3.84. The molecule has 1 saturated heterocycles. The highest BCUT2D eigenvalue weighted by molar-refractivity contribution is 4.86. The van der Waals surface area contributed by atoms with Gasteiger partial charge < -0.3 is 10.6 Å². The normalized spacial score (nSPS) is 35.0. The zero-order chi connectivity index (χ0) is 13.0. The lowest BCUT2D eigenvalue weighted by Crippen LogP contribution is -2.45. The van der Waals surface area contributed by atoms with E-state index in [9.17, 15) is 0 Å². The van der Waals surface area contributed by atoms with Gasteiger partial charge in [-0.05, 0) is 69.0 Å². The molecule has 2 heteroatoms. The van der Waals surface area contributed by atoms with Crippen molar-refractivity contribution in [1.29, 1.82) is 0 Å². The summed E-state index contributed by atoms with van der Waals surface area (Å²) in [5, 5.41) is 7.38. The maximum atomic E-state index is 3.93. The van der Waals surface area contributed by atoms with Crippen LogP contribution in [0, 0.1) is 23.7 Å². The molecule has 2 rings (SSSR count). The largest absolute Gasteiger partial charge is 0.317 e. The predicted molar refractivity (Wildman–Crippen MR) is 78.7 cm³/mol. The second-order valence-corrected chi connectivity index (χ2v) is 7.03. The van der Waals surface area contributed by atoms with Gasteiger partial charge in [-0.1, -0.05) is 27.2 Å². The van der Waals surface area contributed by atoms with Crippen molar-refractivity contribution in [1.82, 2.24) is 10.6 Å². The van der Waals surface area contributed by atoms with Crippen LogP contribution in [-0.4, -0.2) is 25.7 Å². The van der Waals surface area contributed by atoms with Gasteiger partial charge in [-0.25, -0.2) is 0 Å². The molecule has 0 aromatic heterocycles. The van der Waals surface area contributed by atoms with Crippen LogP contribution in [0.1, 0.15) is 52.9 Å². The fourth-order valence-corrected chi connectivity index (χ4v) is 3.84. The highest BCUT2D eigenvalue weighted by Gasteiger charge is 2.30. The van der Waals surface area contributed by atoms with Crippen LogP contribution in [0.25, 0.3) is 0 Å². The summed E-state index contributed by atoms with van der Waals surface area (Å²) in [5.74, 6) is 3.58. The molecule has 2 nitrogen and oxygen atoms in total. The van der Waals surface area contributed by atoms with Crippen molar-refractivity contribution < 1.29 is 0 Å². The molecule has 0 spiro atoms. The summed E-state index contributed by atoms with van der Waals surface area (Å²) in [6.07, 6.45) is 6.99. The average molecular weight is 252 g/mol. The molecule has 2 aliphatic rings. The second-order valence-electron chi connectivity index (χ2n) is 7.03. The molecule has 1 aliphatic carbocycles. The molecule has 18 heavy (non-hydrogen) atoms. The van der Waals surface area contributed by atoms with E-state index in [2.05, 4.69) is 31.4 Å². The fraction of sp³-hybridized carbons (Fsp3) is 1.00. The minimum absolute atomic E-state index is 0.781. The third-order valence-electron chi connectivity index (χ3n) is 5.15. The Hall–Kier alpha value is -0.0800. The van der Waals surface area contributed by atoms with Crippen LogP contribution < -0.4 is 10.6 Å². The Morgan fingerprint density at radius 2 is 1.83 bits per heavy atom. The van der Waals surface area contributed by atoms with Crippen molar-refractivity contribution in [2.45, 2.75) is 58.9 Å². The van der Waals surface area contributed by atoms with Gasteiger partial charge in [0.25, 0.3) is 0 Å². The Bertz CT molecular complexity index is 233. The van der Waals surface area contributed by atoms with Gasteiger partial charge in [0, 0.05) is 6.04 Å². The maximum Gasteiger partial charge on any atom is 0.0100 e. The van der Waals surface area contributed by atoms with Crippen LogP contribution in [0.15, 0.2) is 0 Å². The van der Waals surface area contributed by atoms with Crippen molar-refractivity contribution in [2.75, 3.05) is 19.6 Å². The minimum Gasteiger partial charge on any atom is -0.317 e. The van der Waals surface area contributed by atoms with Crippen molar-refractivity contribution in [3.05, 3.63) is 0 Å². The Labute approximate surface area is 113 Å². The predicted octanol–water partition coefficient (Wildman–Crippen LogP) is 3.04. The molecule has 1 heterocycles. The summed E-state index contributed by atoms with van der Waals surface area (Å²) >= 11 is 0. The molecular formula is C16H32N2. The first-order valence-corrected chi connectivity index (χ1v) is 8.11. The molecule has 2 fully saturated rings. The van der Waals surface area contributed by atoms with Crippen LogP contribution in [0.4, 0.5) is 0 Å². The summed E-state index contributed by atoms with van der Waals surface area (Å²) in [7, 11) is 0. The molecule has 3 unspecified atom stereocenters. The van der Waals surface area contributed by atoms with E-state index in [0.29, 0.717) is 0 Å². The molecule has 0 bridgehead atoms. The van der Waals surface area contributed by atoms with E-state index in [-0.39, 0.29) is 0 Å². The lowest BCUT2D eigenvalue weighted by Gasteiger charge is -2.39. The Morgan fingerprint density at radius 3 is 2.50 bits per heavy atom. The third-order valence-corrected chi connectivity index (χ3v) is 5.15. The number of hydrogen-bond donors (Lipinski definition) is 2. The number of nitrogens with one attached hydrogen (secondary N) is 2. The molecule has 1 saturated carbocycles. The number of piperidine rings is 1. The smallest absolute Gasteiger partial charge is 0.0100 e.